The number of benzene rings is 2. The summed E-state index contributed by atoms with van der Waals surface area (Å²) in [4.78, 5) is 22.5. The molecule has 1 amide bonds. The maximum Gasteiger partial charge on any atom is 0.271 e. The van der Waals surface area contributed by atoms with Crippen LogP contribution >= 0.6 is 11.8 Å². The van der Waals surface area contributed by atoms with Gasteiger partial charge < -0.3 is 15.9 Å². The first-order chi connectivity index (χ1) is 15.4. The summed E-state index contributed by atoms with van der Waals surface area (Å²) >= 11 is 1.06. The Bertz CT molecular complexity index is 1150. The molecule has 0 unspecified atom stereocenters. The average Bonchev–Trinajstić information content (AvgIpc) is 3.15. The Morgan fingerprint density at radius 2 is 2.03 bits per heavy atom. The van der Waals surface area contributed by atoms with Crippen LogP contribution in [0.3, 0.4) is 0 Å². The summed E-state index contributed by atoms with van der Waals surface area (Å²) in [5.74, 6) is 6.52. The molecule has 12 nitrogen and oxygen atoms in total. The number of nitro benzene ring substituents is 1. The number of thioether (sulfide) groups is 1. The summed E-state index contributed by atoms with van der Waals surface area (Å²) in [6, 6.07) is 13.1. The first kappa shape index (κ1) is 22.6. The smallest absolute Gasteiger partial charge is 0.271 e. The van der Waals surface area contributed by atoms with E-state index in [2.05, 4.69) is 26.0 Å². The molecule has 0 radical (unpaired) electrons. The first-order valence-corrected chi connectivity index (χ1v) is 10.2. The molecule has 0 fully saturated rings. The number of carbonyl (C=O) groups is 1. The van der Waals surface area contributed by atoms with E-state index in [1.165, 1.54) is 22.9 Å². The number of nitrogens with zero attached hydrogens (tertiary/aromatic N) is 5. The van der Waals surface area contributed by atoms with Crippen molar-refractivity contribution in [3.63, 3.8) is 0 Å². The van der Waals surface area contributed by atoms with E-state index in [0.717, 1.165) is 23.1 Å². The lowest BCUT2D eigenvalue weighted by Crippen LogP contribution is -2.17. The molecule has 0 atom stereocenters. The van der Waals surface area contributed by atoms with Gasteiger partial charge in [0.1, 0.15) is 5.75 Å². The number of nitrogens with one attached hydrogen (secondary N) is 2. The number of nitrogen functional groups attached to an aromatic ring is 1. The zero-order valence-electron chi connectivity index (χ0n) is 17.2. The van der Waals surface area contributed by atoms with Gasteiger partial charge in [0.25, 0.3) is 11.6 Å². The average molecular weight is 456 g/mol. The molecule has 0 bridgehead atoms. The summed E-state index contributed by atoms with van der Waals surface area (Å²) < 4.78 is 6.31. The van der Waals surface area contributed by atoms with Crippen LogP contribution in [0.25, 0.3) is 0 Å². The topological polar surface area (TPSA) is 163 Å². The molecule has 3 rings (SSSR count). The van der Waals surface area contributed by atoms with Crippen LogP contribution in [0.4, 0.5) is 17.3 Å². The predicted molar refractivity (Wildman–Crippen MR) is 121 cm³/mol. The van der Waals surface area contributed by atoms with E-state index in [4.69, 9.17) is 10.6 Å². The Morgan fingerprint density at radius 1 is 1.28 bits per heavy atom. The van der Waals surface area contributed by atoms with Crippen LogP contribution < -0.4 is 21.3 Å². The Hall–Kier alpha value is -4.13. The molecule has 166 valence electrons. The van der Waals surface area contributed by atoms with Gasteiger partial charge in [0.05, 0.1) is 23.5 Å². The van der Waals surface area contributed by atoms with E-state index in [-0.39, 0.29) is 23.3 Å². The second-order valence-corrected chi connectivity index (χ2v) is 7.30. The van der Waals surface area contributed by atoms with Crippen molar-refractivity contribution in [1.82, 2.24) is 14.9 Å². The normalized spacial score (nSPS) is 11.1. The van der Waals surface area contributed by atoms with Crippen LogP contribution in [0.2, 0.25) is 0 Å². The molecular weight excluding hydrogens is 436 g/mol. The number of amides is 1. The van der Waals surface area contributed by atoms with Crippen molar-refractivity contribution < 1.29 is 14.5 Å². The highest BCUT2D eigenvalue weighted by molar-refractivity contribution is 7.99. The summed E-state index contributed by atoms with van der Waals surface area (Å²) in [6.45, 7) is 1.82. The van der Waals surface area contributed by atoms with E-state index < -0.39 is 4.92 Å². The van der Waals surface area contributed by atoms with E-state index in [1.54, 1.807) is 13.2 Å². The van der Waals surface area contributed by atoms with Crippen molar-refractivity contribution in [2.24, 2.45) is 5.10 Å². The molecule has 13 heteroatoms. The second kappa shape index (κ2) is 10.3. The van der Waals surface area contributed by atoms with Gasteiger partial charge in [0.2, 0.25) is 11.1 Å². The molecule has 0 saturated carbocycles. The monoisotopic (exact) mass is 456 g/mol. The molecule has 1 aromatic heterocycles. The van der Waals surface area contributed by atoms with Gasteiger partial charge in [0.15, 0.2) is 0 Å². The van der Waals surface area contributed by atoms with Crippen LogP contribution in [-0.4, -0.2) is 44.3 Å². The fourth-order valence-corrected chi connectivity index (χ4v) is 3.16. The maximum absolute atomic E-state index is 12.2. The number of hydrogen-bond acceptors (Lipinski definition) is 10. The number of ether oxygens (including phenoxy) is 1. The maximum atomic E-state index is 12.2. The number of rotatable bonds is 9. The Labute approximate surface area is 187 Å². The van der Waals surface area contributed by atoms with Crippen molar-refractivity contribution in [3.8, 4) is 5.75 Å². The van der Waals surface area contributed by atoms with Crippen LogP contribution in [0, 0.1) is 10.1 Å². The van der Waals surface area contributed by atoms with Gasteiger partial charge >= 0.3 is 0 Å². The number of non-ortho nitro benzene ring substituents is 1. The fraction of sp³-hybridized carbons (Fsp3) is 0.158. The Kier molecular flexibility index (Phi) is 7.23. The van der Waals surface area contributed by atoms with Gasteiger partial charge in [-0.25, -0.2) is 10.1 Å². The highest BCUT2D eigenvalue weighted by atomic mass is 32.2. The van der Waals surface area contributed by atoms with Crippen LogP contribution in [-0.2, 0) is 4.79 Å². The van der Waals surface area contributed by atoms with Gasteiger partial charge in [0, 0.05) is 17.8 Å². The van der Waals surface area contributed by atoms with Gasteiger partial charge in [-0.1, -0.05) is 17.8 Å². The Morgan fingerprint density at radius 3 is 2.72 bits per heavy atom. The van der Waals surface area contributed by atoms with Crippen molar-refractivity contribution in [1.29, 1.82) is 0 Å². The highest BCUT2D eigenvalue weighted by Gasteiger charge is 2.13. The largest absolute Gasteiger partial charge is 0.497 e. The minimum Gasteiger partial charge on any atom is -0.497 e. The molecule has 0 aliphatic carbocycles. The lowest BCUT2D eigenvalue weighted by atomic mass is 10.1. The number of hydrazone groups is 1. The summed E-state index contributed by atoms with van der Waals surface area (Å²) in [6.07, 6.45) is 0. The van der Waals surface area contributed by atoms with Crippen molar-refractivity contribution in [2.75, 3.05) is 29.4 Å². The first-order valence-electron chi connectivity index (χ1n) is 9.19. The van der Waals surface area contributed by atoms with Gasteiger partial charge in [-0.2, -0.15) is 5.10 Å². The minimum atomic E-state index is -0.533. The van der Waals surface area contributed by atoms with Crippen molar-refractivity contribution >= 4 is 40.7 Å². The van der Waals surface area contributed by atoms with Gasteiger partial charge in [-0.3, -0.25) is 14.9 Å². The molecule has 2 aromatic carbocycles. The minimum absolute atomic E-state index is 0.0217. The number of nitrogens with two attached hydrogens (primary N) is 1. The molecule has 0 spiro atoms. The van der Waals surface area contributed by atoms with Gasteiger partial charge in [-0.15, -0.1) is 10.2 Å². The van der Waals surface area contributed by atoms with E-state index in [1.807, 2.05) is 31.2 Å². The van der Waals surface area contributed by atoms with E-state index in [0.29, 0.717) is 16.6 Å². The van der Waals surface area contributed by atoms with E-state index >= 15 is 0 Å². The molecular formula is C19H20N8O4S. The SMILES string of the molecule is COc1ccc(/C(C)=N/Nc2nnc(SCC(=O)Nc3cccc([N+](=O)[O-])c3)n2N)cc1. The number of carbonyl (C=O) groups excluding carboxylic acids is 1. The molecule has 32 heavy (non-hydrogen) atoms. The number of methoxy groups -OCH3 is 1. The summed E-state index contributed by atoms with van der Waals surface area (Å²) in [5.41, 5.74) is 4.54. The molecule has 3 aromatic rings. The van der Waals surface area contributed by atoms with Crippen LogP contribution in [0.15, 0.2) is 58.8 Å². The number of anilines is 2. The lowest BCUT2D eigenvalue weighted by molar-refractivity contribution is -0.384. The third-order valence-electron chi connectivity index (χ3n) is 4.17. The molecule has 0 aliphatic heterocycles. The standard InChI is InChI=1S/C19H20N8O4S/c1-12(13-6-8-16(31-2)9-7-13)22-23-18-24-25-19(26(18)20)32-11-17(28)21-14-4-3-5-15(10-14)27(29)30/h3-10H,11,20H2,1-2H3,(H,21,28)(H,23,24)/b22-12+. The molecule has 0 saturated heterocycles. The van der Waals surface area contributed by atoms with Crippen molar-refractivity contribution in [2.45, 2.75) is 12.1 Å². The molecule has 4 N–H and O–H groups in total. The number of hydrogen-bond donors (Lipinski definition) is 3. The zero-order valence-corrected chi connectivity index (χ0v) is 18.0. The lowest BCUT2D eigenvalue weighted by Gasteiger charge is -2.06. The quantitative estimate of drug-likeness (QED) is 0.144. The molecule has 0 aliphatic rings. The third kappa shape index (κ3) is 5.72. The van der Waals surface area contributed by atoms with Crippen LogP contribution in [0.5, 0.6) is 5.75 Å². The predicted octanol–water partition coefficient (Wildman–Crippen LogP) is 2.48. The van der Waals surface area contributed by atoms with Crippen LogP contribution in [0.1, 0.15) is 12.5 Å². The zero-order chi connectivity index (χ0) is 23.1. The van der Waals surface area contributed by atoms with E-state index in [9.17, 15) is 14.9 Å². The Balaban J connectivity index is 1.56. The summed E-state index contributed by atoms with van der Waals surface area (Å²) in [5, 5.41) is 25.8. The molecule has 1 heterocycles. The number of aromatic nitrogens is 3. The third-order valence-corrected chi connectivity index (χ3v) is 5.11. The summed E-state index contributed by atoms with van der Waals surface area (Å²) in [7, 11) is 1.60. The fourth-order valence-electron chi connectivity index (χ4n) is 2.51. The second-order valence-electron chi connectivity index (χ2n) is 6.36. The van der Waals surface area contributed by atoms with Crippen molar-refractivity contribution in [3.05, 3.63) is 64.2 Å². The van der Waals surface area contributed by atoms with Gasteiger partial charge in [-0.05, 0) is 42.8 Å². The highest BCUT2D eigenvalue weighted by Crippen LogP contribution is 2.20. The number of nitro groups is 1.